The Balaban J connectivity index is 1.55. The van der Waals surface area contributed by atoms with Gasteiger partial charge in [-0.25, -0.2) is 4.39 Å². The molecule has 0 radical (unpaired) electrons. The summed E-state index contributed by atoms with van der Waals surface area (Å²) in [4.78, 5) is 11.9. The summed E-state index contributed by atoms with van der Waals surface area (Å²) in [5.74, 6) is -1.03. The fourth-order valence-corrected chi connectivity index (χ4v) is 3.37. The lowest BCUT2D eigenvalue weighted by Crippen LogP contribution is -2.23. The minimum absolute atomic E-state index is 0.0875. The van der Waals surface area contributed by atoms with Crippen LogP contribution in [0.5, 0.6) is 5.75 Å². The van der Waals surface area contributed by atoms with E-state index >= 15 is 0 Å². The summed E-state index contributed by atoms with van der Waals surface area (Å²) in [5, 5.41) is 9.23. The lowest BCUT2D eigenvalue weighted by atomic mass is 9.87. The first-order chi connectivity index (χ1) is 13.8. The molecule has 4 rings (SSSR count). The molecular formula is C20H15F4N3O2. The van der Waals surface area contributed by atoms with E-state index in [0.29, 0.717) is 11.4 Å². The van der Waals surface area contributed by atoms with E-state index in [4.69, 9.17) is 4.74 Å². The van der Waals surface area contributed by atoms with Gasteiger partial charge >= 0.3 is 6.18 Å². The zero-order valence-corrected chi connectivity index (χ0v) is 14.9. The molecule has 5 nitrogen and oxygen atoms in total. The molecule has 1 unspecified atom stereocenters. The minimum atomic E-state index is -4.52. The Morgan fingerprint density at radius 1 is 1.17 bits per heavy atom. The molecule has 1 aliphatic heterocycles. The third-order valence-corrected chi connectivity index (χ3v) is 4.76. The number of hydrogen-bond donors (Lipinski definition) is 2. The van der Waals surface area contributed by atoms with Crippen molar-refractivity contribution < 1.29 is 27.1 Å². The molecule has 1 aromatic heterocycles. The van der Waals surface area contributed by atoms with Crippen molar-refractivity contribution in [3.8, 4) is 5.75 Å². The van der Waals surface area contributed by atoms with Gasteiger partial charge in [-0.3, -0.25) is 9.89 Å². The Bertz CT molecular complexity index is 1060. The summed E-state index contributed by atoms with van der Waals surface area (Å²) in [5.41, 5.74) is 0.369. The first-order valence-corrected chi connectivity index (χ1v) is 8.73. The molecule has 0 spiro atoms. The average molecular weight is 405 g/mol. The van der Waals surface area contributed by atoms with E-state index in [1.165, 1.54) is 30.3 Å². The molecule has 0 aliphatic carbocycles. The second-order valence-corrected chi connectivity index (χ2v) is 6.64. The van der Waals surface area contributed by atoms with E-state index in [-0.39, 0.29) is 29.6 Å². The predicted molar refractivity (Wildman–Crippen MR) is 95.9 cm³/mol. The molecule has 0 saturated carbocycles. The Morgan fingerprint density at radius 2 is 1.97 bits per heavy atom. The van der Waals surface area contributed by atoms with Gasteiger partial charge in [-0.05, 0) is 23.8 Å². The van der Waals surface area contributed by atoms with Crippen LogP contribution in [0.3, 0.4) is 0 Å². The van der Waals surface area contributed by atoms with Crippen LogP contribution in [0.25, 0.3) is 0 Å². The van der Waals surface area contributed by atoms with Gasteiger partial charge in [0.2, 0.25) is 5.91 Å². The predicted octanol–water partition coefficient (Wildman–Crippen LogP) is 4.62. The third kappa shape index (κ3) is 3.80. The fraction of sp³-hybridized carbons (Fsp3) is 0.200. The molecule has 29 heavy (non-hydrogen) atoms. The summed E-state index contributed by atoms with van der Waals surface area (Å²) in [7, 11) is 0. The molecule has 9 heteroatoms. The normalized spacial score (nSPS) is 16.3. The minimum Gasteiger partial charge on any atom is -0.486 e. The molecule has 0 bridgehead atoms. The maximum absolute atomic E-state index is 14.6. The van der Waals surface area contributed by atoms with Crippen LogP contribution in [0.1, 0.15) is 34.6 Å². The zero-order chi connectivity index (χ0) is 20.6. The first-order valence-electron chi connectivity index (χ1n) is 8.73. The number of rotatable bonds is 4. The van der Waals surface area contributed by atoms with E-state index in [0.717, 1.165) is 11.6 Å². The van der Waals surface area contributed by atoms with Crippen LogP contribution in [0.2, 0.25) is 0 Å². The molecule has 3 aromatic rings. The molecule has 0 fully saturated rings. The van der Waals surface area contributed by atoms with Crippen molar-refractivity contribution in [1.82, 2.24) is 10.2 Å². The van der Waals surface area contributed by atoms with Gasteiger partial charge in [0, 0.05) is 23.5 Å². The average Bonchev–Trinajstić information content (AvgIpc) is 3.14. The first kappa shape index (κ1) is 19.0. The molecule has 1 atom stereocenters. The van der Waals surface area contributed by atoms with E-state index in [1.54, 1.807) is 12.3 Å². The maximum Gasteiger partial charge on any atom is 0.416 e. The van der Waals surface area contributed by atoms with E-state index in [2.05, 4.69) is 15.5 Å². The number of alkyl halides is 3. The number of aromatic nitrogens is 2. The second kappa shape index (κ2) is 7.23. The Morgan fingerprint density at radius 3 is 2.72 bits per heavy atom. The largest absolute Gasteiger partial charge is 0.486 e. The van der Waals surface area contributed by atoms with Gasteiger partial charge < -0.3 is 10.1 Å². The van der Waals surface area contributed by atoms with Gasteiger partial charge in [-0.1, -0.05) is 24.3 Å². The maximum atomic E-state index is 14.6. The molecule has 1 amide bonds. The Hall–Kier alpha value is -3.36. The summed E-state index contributed by atoms with van der Waals surface area (Å²) in [6, 6.07) is 9.16. The van der Waals surface area contributed by atoms with Crippen LogP contribution < -0.4 is 10.1 Å². The Kier molecular flexibility index (Phi) is 4.73. The van der Waals surface area contributed by atoms with E-state index in [1.807, 2.05) is 0 Å². The standard InChI is InChI=1S/C20H15F4N3O2/c21-16-7-11(13-8-18(28)26-19-14(13)9-25-27-19)5-6-17(16)29-10-12-3-1-2-4-15(12)20(22,23)24/h1-7,9,13H,8,10H2,(H2,25,26,27,28). The molecule has 1 aliphatic rings. The number of halogens is 4. The number of nitrogens with zero attached hydrogens (tertiary/aromatic N) is 1. The van der Waals surface area contributed by atoms with Gasteiger partial charge in [0.15, 0.2) is 11.6 Å². The van der Waals surface area contributed by atoms with Crippen LogP contribution in [0.15, 0.2) is 48.7 Å². The highest BCUT2D eigenvalue weighted by Gasteiger charge is 2.33. The van der Waals surface area contributed by atoms with Crippen molar-refractivity contribution in [3.05, 3.63) is 76.7 Å². The Labute approximate surface area is 162 Å². The fourth-order valence-electron chi connectivity index (χ4n) is 3.37. The highest BCUT2D eigenvalue weighted by Crippen LogP contribution is 2.37. The summed E-state index contributed by atoms with van der Waals surface area (Å²) >= 11 is 0. The van der Waals surface area contributed by atoms with Gasteiger partial charge in [0.05, 0.1) is 11.8 Å². The van der Waals surface area contributed by atoms with Crippen molar-refractivity contribution >= 4 is 11.7 Å². The molecular weight excluding hydrogens is 390 g/mol. The number of anilines is 1. The lowest BCUT2D eigenvalue weighted by Gasteiger charge is -2.22. The quantitative estimate of drug-likeness (QED) is 0.623. The number of hydrogen-bond acceptors (Lipinski definition) is 3. The van der Waals surface area contributed by atoms with Crippen LogP contribution in [0.4, 0.5) is 23.4 Å². The lowest BCUT2D eigenvalue weighted by molar-refractivity contribution is -0.138. The molecule has 0 saturated heterocycles. The van der Waals surface area contributed by atoms with E-state index in [9.17, 15) is 22.4 Å². The number of H-pyrrole nitrogens is 1. The molecule has 2 heterocycles. The van der Waals surface area contributed by atoms with Crippen molar-refractivity contribution in [3.63, 3.8) is 0 Å². The van der Waals surface area contributed by atoms with Crippen LogP contribution in [-0.2, 0) is 17.6 Å². The summed E-state index contributed by atoms with van der Waals surface area (Å²) in [6.07, 6.45) is -2.83. The van der Waals surface area contributed by atoms with Crippen LogP contribution in [0, 0.1) is 5.82 Å². The molecule has 150 valence electrons. The molecule has 2 N–H and O–H groups in total. The van der Waals surface area contributed by atoms with Gasteiger partial charge in [0.25, 0.3) is 0 Å². The summed E-state index contributed by atoms with van der Waals surface area (Å²) < 4.78 is 59.1. The van der Waals surface area contributed by atoms with Gasteiger partial charge in [0.1, 0.15) is 12.4 Å². The number of aromatic amines is 1. The topological polar surface area (TPSA) is 67.0 Å². The monoisotopic (exact) mass is 405 g/mol. The number of ether oxygens (including phenoxy) is 1. The van der Waals surface area contributed by atoms with Crippen molar-refractivity contribution in [1.29, 1.82) is 0 Å². The van der Waals surface area contributed by atoms with Crippen molar-refractivity contribution in [2.75, 3.05) is 5.32 Å². The number of amides is 1. The van der Waals surface area contributed by atoms with Gasteiger partial charge in [-0.15, -0.1) is 0 Å². The SMILES string of the molecule is O=C1CC(c2ccc(OCc3ccccc3C(F)(F)F)c(F)c2)c2cn[nH]c2N1. The van der Waals surface area contributed by atoms with Crippen LogP contribution >= 0.6 is 0 Å². The van der Waals surface area contributed by atoms with Crippen molar-refractivity contribution in [2.24, 2.45) is 0 Å². The molecule has 2 aromatic carbocycles. The number of nitrogens with one attached hydrogen (secondary N) is 2. The number of carbonyl (C=O) groups is 1. The second-order valence-electron chi connectivity index (χ2n) is 6.64. The smallest absolute Gasteiger partial charge is 0.416 e. The van der Waals surface area contributed by atoms with Crippen molar-refractivity contribution in [2.45, 2.75) is 25.1 Å². The zero-order valence-electron chi connectivity index (χ0n) is 14.9. The number of carbonyl (C=O) groups excluding carboxylic acids is 1. The van der Waals surface area contributed by atoms with Gasteiger partial charge in [-0.2, -0.15) is 18.3 Å². The highest BCUT2D eigenvalue weighted by molar-refractivity contribution is 5.94. The number of fused-ring (bicyclic) bond motifs is 1. The summed E-state index contributed by atoms with van der Waals surface area (Å²) in [6.45, 7) is -0.427. The van der Waals surface area contributed by atoms with Crippen LogP contribution in [-0.4, -0.2) is 16.1 Å². The highest BCUT2D eigenvalue weighted by atomic mass is 19.4. The van der Waals surface area contributed by atoms with E-state index < -0.39 is 24.2 Å². The third-order valence-electron chi connectivity index (χ3n) is 4.76. The number of benzene rings is 2.